The number of amides is 2. The van der Waals surface area contributed by atoms with Crippen LogP contribution in [0.25, 0.3) is 0 Å². The molecule has 2 aliphatic carbocycles. The number of para-hydroxylation sites is 1. The lowest BCUT2D eigenvalue weighted by molar-refractivity contribution is 0.196. The predicted octanol–water partition coefficient (Wildman–Crippen LogP) is 7.44. The summed E-state index contributed by atoms with van der Waals surface area (Å²) in [5.74, 6) is 2.04. The number of nitrogens with zero attached hydrogens (tertiary/aromatic N) is 1. The summed E-state index contributed by atoms with van der Waals surface area (Å²) in [7, 11) is 0. The zero-order valence-corrected chi connectivity index (χ0v) is 19.9. The van der Waals surface area contributed by atoms with E-state index < -0.39 is 0 Å². The third-order valence-electron chi connectivity index (χ3n) is 8.10. The van der Waals surface area contributed by atoms with Crippen molar-refractivity contribution in [2.75, 3.05) is 11.9 Å². The van der Waals surface area contributed by atoms with Crippen LogP contribution in [0.2, 0.25) is 5.02 Å². The van der Waals surface area contributed by atoms with Gasteiger partial charge in [0.05, 0.1) is 0 Å². The van der Waals surface area contributed by atoms with Crippen LogP contribution in [-0.4, -0.2) is 23.5 Å². The first-order valence-electron chi connectivity index (χ1n) is 12.5. The van der Waals surface area contributed by atoms with Crippen molar-refractivity contribution in [1.29, 1.82) is 0 Å². The maximum atomic E-state index is 12.9. The second kappa shape index (κ2) is 9.47. The number of benzene rings is 2. The summed E-state index contributed by atoms with van der Waals surface area (Å²) in [5, 5.41) is 4.07. The fraction of sp³-hybridized carbons (Fsp3) is 0.536. The number of hydrogen-bond acceptors (Lipinski definition) is 1. The topological polar surface area (TPSA) is 32.3 Å². The standard InChI is InChI=1S/C28H35ClN2O/c1-2-19-16-26(22-7-6-8-22)25(27(29)17-19)12-11-20-13-21-15-24(14-20)31(18-21)28(32)30-23-9-4-3-5-10-23/h3-5,9-10,16-17,20-22,24H,2,6-8,11-15,18H2,1H3,(H,30,32). The third-order valence-corrected chi connectivity index (χ3v) is 8.44. The highest BCUT2D eigenvalue weighted by atomic mass is 35.5. The molecule has 0 radical (unpaired) electrons. The van der Waals surface area contributed by atoms with Gasteiger partial charge in [-0.2, -0.15) is 0 Å². The molecule has 0 aromatic heterocycles. The van der Waals surface area contributed by atoms with E-state index >= 15 is 0 Å². The Morgan fingerprint density at radius 2 is 1.94 bits per heavy atom. The molecule has 3 unspecified atom stereocenters. The van der Waals surface area contributed by atoms with Crippen LogP contribution in [0, 0.1) is 11.8 Å². The van der Waals surface area contributed by atoms with Gasteiger partial charge in [-0.15, -0.1) is 0 Å². The molecule has 2 aromatic rings. The second-order valence-electron chi connectivity index (χ2n) is 10.2. The minimum atomic E-state index is 0.0646. The molecule has 2 amide bonds. The number of likely N-dealkylation sites (tertiary alicyclic amines) is 1. The fourth-order valence-corrected chi connectivity index (χ4v) is 6.52. The summed E-state index contributed by atoms with van der Waals surface area (Å²) in [6.45, 7) is 3.12. The van der Waals surface area contributed by atoms with Gasteiger partial charge >= 0.3 is 6.03 Å². The second-order valence-corrected chi connectivity index (χ2v) is 10.6. The molecule has 5 rings (SSSR count). The zero-order valence-electron chi connectivity index (χ0n) is 19.2. The molecule has 170 valence electrons. The highest BCUT2D eigenvalue weighted by molar-refractivity contribution is 6.31. The highest BCUT2D eigenvalue weighted by Crippen LogP contribution is 2.43. The van der Waals surface area contributed by atoms with Crippen molar-refractivity contribution in [2.45, 2.75) is 76.7 Å². The van der Waals surface area contributed by atoms with Crippen molar-refractivity contribution >= 4 is 23.3 Å². The van der Waals surface area contributed by atoms with E-state index in [1.54, 1.807) is 0 Å². The molecule has 4 heteroatoms. The first kappa shape index (κ1) is 21.8. The average Bonchev–Trinajstić information content (AvgIpc) is 3.06. The first-order valence-corrected chi connectivity index (χ1v) is 12.9. The molecule has 2 aromatic carbocycles. The van der Waals surface area contributed by atoms with Crippen LogP contribution < -0.4 is 5.32 Å². The summed E-state index contributed by atoms with van der Waals surface area (Å²) in [6.07, 6.45) is 10.8. The van der Waals surface area contributed by atoms with Gasteiger partial charge in [0.1, 0.15) is 0 Å². The van der Waals surface area contributed by atoms with Gasteiger partial charge < -0.3 is 10.2 Å². The Hall–Kier alpha value is -2.00. The minimum Gasteiger partial charge on any atom is -0.321 e. The smallest absolute Gasteiger partial charge is 0.321 e. The van der Waals surface area contributed by atoms with E-state index in [1.807, 2.05) is 30.3 Å². The molecule has 2 bridgehead atoms. The van der Waals surface area contributed by atoms with Crippen LogP contribution in [0.15, 0.2) is 42.5 Å². The van der Waals surface area contributed by atoms with E-state index in [1.165, 1.54) is 48.8 Å². The summed E-state index contributed by atoms with van der Waals surface area (Å²) in [4.78, 5) is 15.0. The summed E-state index contributed by atoms with van der Waals surface area (Å²) in [5.41, 5.74) is 5.19. The molecule has 3 aliphatic rings. The van der Waals surface area contributed by atoms with Crippen molar-refractivity contribution in [3.05, 3.63) is 64.2 Å². The Kier molecular flexibility index (Phi) is 6.46. The van der Waals surface area contributed by atoms with Gasteiger partial charge in [-0.1, -0.05) is 49.2 Å². The number of nitrogens with one attached hydrogen (secondary N) is 1. The lowest BCUT2D eigenvalue weighted by Gasteiger charge is -2.31. The predicted molar refractivity (Wildman–Crippen MR) is 133 cm³/mol. The Labute approximate surface area is 197 Å². The zero-order chi connectivity index (χ0) is 22.1. The van der Waals surface area contributed by atoms with E-state index in [0.717, 1.165) is 42.9 Å². The quantitative estimate of drug-likeness (QED) is 0.487. The average molecular weight is 451 g/mol. The lowest BCUT2D eigenvalue weighted by atomic mass is 9.75. The Bertz CT molecular complexity index is 955. The number of rotatable bonds is 6. The molecular formula is C28H35ClN2O. The number of carbonyl (C=O) groups is 1. The number of urea groups is 1. The molecule has 1 N–H and O–H groups in total. The molecule has 2 saturated carbocycles. The number of halogens is 1. The SMILES string of the molecule is CCc1cc(Cl)c(CCC2CC3CC(C2)N(C(=O)Nc2ccccc2)C3)c(C2CCC2)c1. The van der Waals surface area contributed by atoms with Gasteiger partial charge in [-0.05, 0) is 104 Å². The van der Waals surface area contributed by atoms with E-state index in [4.69, 9.17) is 11.6 Å². The largest absolute Gasteiger partial charge is 0.322 e. The summed E-state index contributed by atoms with van der Waals surface area (Å²) < 4.78 is 0. The maximum Gasteiger partial charge on any atom is 0.322 e. The van der Waals surface area contributed by atoms with E-state index in [9.17, 15) is 4.79 Å². The van der Waals surface area contributed by atoms with Crippen molar-refractivity contribution < 1.29 is 4.79 Å². The van der Waals surface area contributed by atoms with Gasteiger partial charge in [0.2, 0.25) is 0 Å². The maximum absolute atomic E-state index is 12.9. The van der Waals surface area contributed by atoms with E-state index in [2.05, 4.69) is 29.3 Å². The number of hydrogen-bond donors (Lipinski definition) is 1. The van der Waals surface area contributed by atoms with Gasteiger partial charge in [-0.3, -0.25) is 0 Å². The van der Waals surface area contributed by atoms with Gasteiger partial charge in [0, 0.05) is 23.3 Å². The molecule has 1 heterocycles. The van der Waals surface area contributed by atoms with Crippen LogP contribution >= 0.6 is 11.6 Å². The van der Waals surface area contributed by atoms with E-state index in [0.29, 0.717) is 23.8 Å². The summed E-state index contributed by atoms with van der Waals surface area (Å²) in [6, 6.07) is 14.9. The minimum absolute atomic E-state index is 0.0646. The molecule has 1 aliphatic heterocycles. The van der Waals surface area contributed by atoms with Crippen molar-refractivity contribution in [1.82, 2.24) is 4.90 Å². The highest BCUT2D eigenvalue weighted by Gasteiger charge is 2.41. The Balaban J connectivity index is 1.23. The van der Waals surface area contributed by atoms with Crippen molar-refractivity contribution in [3.63, 3.8) is 0 Å². The number of aryl methyl sites for hydroxylation is 1. The van der Waals surface area contributed by atoms with E-state index in [-0.39, 0.29) is 6.03 Å². The normalized spacial score (nSPS) is 24.9. The third kappa shape index (κ3) is 4.55. The number of fused-ring (bicyclic) bond motifs is 2. The Morgan fingerprint density at radius 1 is 1.12 bits per heavy atom. The molecule has 3 atom stereocenters. The summed E-state index contributed by atoms with van der Waals surface area (Å²) >= 11 is 6.81. The molecular weight excluding hydrogens is 416 g/mol. The van der Waals surface area contributed by atoms with Gasteiger partial charge in [0.25, 0.3) is 0 Å². The van der Waals surface area contributed by atoms with Gasteiger partial charge in [0.15, 0.2) is 0 Å². The fourth-order valence-electron chi connectivity index (χ4n) is 6.18. The van der Waals surface area contributed by atoms with Crippen LogP contribution in [-0.2, 0) is 12.8 Å². The van der Waals surface area contributed by atoms with Crippen LogP contribution in [0.3, 0.4) is 0 Å². The monoisotopic (exact) mass is 450 g/mol. The van der Waals surface area contributed by atoms with Crippen LogP contribution in [0.5, 0.6) is 0 Å². The van der Waals surface area contributed by atoms with Crippen LogP contribution in [0.1, 0.15) is 74.5 Å². The first-order chi connectivity index (χ1) is 15.6. The lowest BCUT2D eigenvalue weighted by Crippen LogP contribution is -2.39. The Morgan fingerprint density at radius 3 is 2.66 bits per heavy atom. The number of anilines is 1. The van der Waals surface area contributed by atoms with Crippen LogP contribution in [0.4, 0.5) is 10.5 Å². The molecule has 32 heavy (non-hydrogen) atoms. The molecule has 0 spiro atoms. The molecule has 1 saturated heterocycles. The van der Waals surface area contributed by atoms with Crippen molar-refractivity contribution in [3.8, 4) is 0 Å². The molecule has 3 fully saturated rings. The number of carbonyl (C=O) groups excluding carboxylic acids is 1. The van der Waals surface area contributed by atoms with Gasteiger partial charge in [-0.25, -0.2) is 4.79 Å². The van der Waals surface area contributed by atoms with Crippen molar-refractivity contribution in [2.24, 2.45) is 11.8 Å². The molecule has 3 nitrogen and oxygen atoms in total.